The molecule has 1 aliphatic rings. The van der Waals surface area contributed by atoms with E-state index in [9.17, 15) is 13.2 Å². The lowest BCUT2D eigenvalue weighted by molar-refractivity contribution is -0.117. The number of carbonyl (C=O) groups is 1. The molecule has 2 rings (SSSR count). The number of aromatic nitrogens is 1. The molecule has 1 aromatic heterocycles. The zero-order valence-corrected chi connectivity index (χ0v) is 15.7. The van der Waals surface area contributed by atoms with Gasteiger partial charge in [-0.15, -0.1) is 0 Å². The molecule has 2 heterocycles. The van der Waals surface area contributed by atoms with Crippen molar-refractivity contribution in [3.63, 3.8) is 0 Å². The van der Waals surface area contributed by atoms with E-state index in [1.807, 2.05) is 20.8 Å². The quantitative estimate of drug-likeness (QED) is 0.866. The van der Waals surface area contributed by atoms with E-state index in [1.165, 1.54) is 13.8 Å². The number of ether oxygens (including phenoxy) is 1. The Kier molecular flexibility index (Phi) is 5.11. The van der Waals surface area contributed by atoms with Crippen molar-refractivity contribution in [1.29, 1.82) is 0 Å². The summed E-state index contributed by atoms with van der Waals surface area (Å²) in [5, 5.41) is 6.35. The summed E-state index contributed by atoms with van der Waals surface area (Å²) in [5.41, 5.74) is -0.250. The molecule has 1 unspecified atom stereocenters. The molecule has 1 atom stereocenters. The highest BCUT2D eigenvalue weighted by atomic mass is 32.2. The van der Waals surface area contributed by atoms with Crippen molar-refractivity contribution in [1.82, 2.24) is 5.16 Å². The molecule has 8 heteroatoms. The van der Waals surface area contributed by atoms with Crippen LogP contribution in [-0.2, 0) is 24.8 Å². The van der Waals surface area contributed by atoms with Crippen LogP contribution in [0.2, 0.25) is 0 Å². The second-order valence-electron chi connectivity index (χ2n) is 7.80. The van der Waals surface area contributed by atoms with Crippen molar-refractivity contribution < 1.29 is 22.5 Å². The number of sulfone groups is 1. The van der Waals surface area contributed by atoms with Gasteiger partial charge in [-0.05, 0) is 26.2 Å². The van der Waals surface area contributed by atoms with Gasteiger partial charge in [-0.25, -0.2) is 8.42 Å². The van der Waals surface area contributed by atoms with Crippen molar-refractivity contribution in [2.24, 2.45) is 5.92 Å². The number of hydrogen-bond donors (Lipinski definition) is 1. The van der Waals surface area contributed by atoms with Crippen LogP contribution in [0.25, 0.3) is 0 Å². The molecule has 136 valence electrons. The highest BCUT2D eigenvalue weighted by molar-refractivity contribution is 7.93. The molecule has 1 fully saturated rings. The maximum Gasteiger partial charge on any atom is 0.246 e. The topological polar surface area (TPSA) is 98.5 Å². The van der Waals surface area contributed by atoms with Crippen molar-refractivity contribution in [3.05, 3.63) is 11.8 Å². The zero-order valence-electron chi connectivity index (χ0n) is 14.9. The zero-order chi connectivity index (χ0) is 18.2. The standard InChI is InChI=1S/C16H26N2O5S/c1-15(2,3)12-8-13(18-23-12)17-14(19)16(4,5)24(20,21)10-11-6-7-22-9-11/h8,11H,6-7,9-10H2,1-5H3,(H,17,18,19). The normalized spacial score (nSPS) is 19.5. The molecular weight excluding hydrogens is 332 g/mol. The largest absolute Gasteiger partial charge is 0.381 e. The number of amides is 1. The molecule has 0 saturated carbocycles. The minimum atomic E-state index is -3.63. The van der Waals surface area contributed by atoms with Crippen LogP contribution in [0.3, 0.4) is 0 Å². The Morgan fingerprint density at radius 1 is 1.33 bits per heavy atom. The van der Waals surface area contributed by atoms with Crippen LogP contribution in [-0.4, -0.2) is 43.2 Å². The Morgan fingerprint density at radius 3 is 2.50 bits per heavy atom. The van der Waals surface area contributed by atoms with E-state index in [4.69, 9.17) is 9.26 Å². The number of nitrogens with one attached hydrogen (secondary N) is 1. The molecule has 0 aliphatic carbocycles. The lowest BCUT2D eigenvalue weighted by Crippen LogP contribution is -2.46. The first kappa shape index (κ1) is 18.9. The van der Waals surface area contributed by atoms with E-state index in [0.717, 1.165) is 0 Å². The van der Waals surface area contributed by atoms with Gasteiger partial charge in [0, 0.05) is 18.1 Å². The second kappa shape index (κ2) is 6.48. The minimum Gasteiger partial charge on any atom is -0.381 e. The average Bonchev–Trinajstić information content (AvgIpc) is 3.08. The summed E-state index contributed by atoms with van der Waals surface area (Å²) in [5.74, 6) is 0.107. The van der Waals surface area contributed by atoms with E-state index in [0.29, 0.717) is 25.4 Å². The number of anilines is 1. The fourth-order valence-electron chi connectivity index (χ4n) is 2.33. The Bertz CT molecular complexity index is 694. The molecule has 1 saturated heterocycles. The molecule has 24 heavy (non-hydrogen) atoms. The van der Waals surface area contributed by atoms with Gasteiger partial charge < -0.3 is 14.6 Å². The minimum absolute atomic E-state index is 0.0541. The number of hydrogen-bond acceptors (Lipinski definition) is 6. The van der Waals surface area contributed by atoms with Crippen LogP contribution in [0.5, 0.6) is 0 Å². The summed E-state index contributed by atoms with van der Waals surface area (Å²) < 4.78 is 34.2. The van der Waals surface area contributed by atoms with E-state index in [-0.39, 0.29) is 22.9 Å². The lowest BCUT2D eigenvalue weighted by Gasteiger charge is -2.24. The first-order chi connectivity index (χ1) is 10.9. The third kappa shape index (κ3) is 3.97. The Hall–Kier alpha value is -1.41. The van der Waals surface area contributed by atoms with Gasteiger partial charge in [0.15, 0.2) is 15.7 Å². The van der Waals surface area contributed by atoms with Crippen LogP contribution in [0.1, 0.15) is 46.8 Å². The molecule has 0 aromatic carbocycles. The summed E-state index contributed by atoms with van der Waals surface area (Å²) in [6.07, 6.45) is 0.704. The fraction of sp³-hybridized carbons (Fsp3) is 0.750. The summed E-state index contributed by atoms with van der Waals surface area (Å²) >= 11 is 0. The molecule has 1 amide bonds. The van der Waals surface area contributed by atoms with E-state index < -0.39 is 20.5 Å². The SMILES string of the molecule is CC(C)(C)c1cc(NC(=O)C(C)(C)S(=O)(=O)CC2CCOC2)no1. The van der Waals surface area contributed by atoms with Crippen LogP contribution < -0.4 is 5.32 Å². The third-order valence-corrected chi connectivity index (χ3v) is 6.95. The maximum absolute atomic E-state index is 12.6. The van der Waals surface area contributed by atoms with Crippen molar-refractivity contribution in [2.75, 3.05) is 24.3 Å². The Labute approximate surface area is 143 Å². The van der Waals surface area contributed by atoms with Gasteiger partial charge in [0.2, 0.25) is 5.91 Å². The fourth-order valence-corrected chi connectivity index (χ4v) is 3.96. The first-order valence-electron chi connectivity index (χ1n) is 8.02. The summed E-state index contributed by atoms with van der Waals surface area (Å²) in [4.78, 5) is 12.5. The third-order valence-electron chi connectivity index (χ3n) is 4.29. The Morgan fingerprint density at radius 2 is 2.00 bits per heavy atom. The molecular formula is C16H26N2O5S. The number of carbonyl (C=O) groups excluding carboxylic acids is 1. The smallest absolute Gasteiger partial charge is 0.246 e. The molecule has 7 nitrogen and oxygen atoms in total. The van der Waals surface area contributed by atoms with E-state index >= 15 is 0 Å². The molecule has 1 aliphatic heterocycles. The Balaban J connectivity index is 2.10. The van der Waals surface area contributed by atoms with Gasteiger partial charge in [0.25, 0.3) is 0 Å². The summed E-state index contributed by atoms with van der Waals surface area (Å²) in [6.45, 7) is 9.69. The molecule has 1 N–H and O–H groups in total. The van der Waals surface area contributed by atoms with Crippen LogP contribution >= 0.6 is 0 Å². The predicted molar refractivity (Wildman–Crippen MR) is 90.6 cm³/mol. The van der Waals surface area contributed by atoms with Crippen LogP contribution in [0, 0.1) is 5.92 Å². The van der Waals surface area contributed by atoms with Gasteiger partial charge >= 0.3 is 0 Å². The molecule has 0 spiro atoms. The van der Waals surface area contributed by atoms with Crippen molar-refractivity contribution in [2.45, 2.75) is 51.2 Å². The van der Waals surface area contributed by atoms with Crippen molar-refractivity contribution >= 4 is 21.6 Å². The molecule has 1 aromatic rings. The van der Waals surface area contributed by atoms with Gasteiger partial charge in [-0.2, -0.15) is 0 Å². The highest BCUT2D eigenvalue weighted by Crippen LogP contribution is 2.27. The van der Waals surface area contributed by atoms with Gasteiger partial charge in [-0.1, -0.05) is 25.9 Å². The first-order valence-corrected chi connectivity index (χ1v) is 9.67. The molecule has 0 radical (unpaired) electrons. The average molecular weight is 358 g/mol. The number of nitrogens with zero attached hydrogens (tertiary/aromatic N) is 1. The predicted octanol–water partition coefficient (Wildman–Crippen LogP) is 2.14. The molecule has 0 bridgehead atoms. The van der Waals surface area contributed by atoms with Crippen LogP contribution in [0.15, 0.2) is 10.6 Å². The van der Waals surface area contributed by atoms with Crippen molar-refractivity contribution in [3.8, 4) is 0 Å². The van der Waals surface area contributed by atoms with Gasteiger partial charge in [-0.3, -0.25) is 4.79 Å². The summed E-state index contributed by atoms with van der Waals surface area (Å²) in [7, 11) is -3.63. The number of rotatable bonds is 5. The van der Waals surface area contributed by atoms with E-state index in [1.54, 1.807) is 6.07 Å². The maximum atomic E-state index is 12.6. The van der Waals surface area contributed by atoms with Gasteiger partial charge in [0.1, 0.15) is 10.5 Å². The van der Waals surface area contributed by atoms with Gasteiger partial charge in [0.05, 0.1) is 12.4 Å². The van der Waals surface area contributed by atoms with E-state index in [2.05, 4.69) is 10.5 Å². The second-order valence-corrected chi connectivity index (χ2v) is 10.4. The van der Waals surface area contributed by atoms with Crippen LogP contribution in [0.4, 0.5) is 5.82 Å². The summed E-state index contributed by atoms with van der Waals surface area (Å²) in [6, 6.07) is 1.62. The highest BCUT2D eigenvalue weighted by Gasteiger charge is 2.43. The lowest BCUT2D eigenvalue weighted by atomic mass is 9.93. The monoisotopic (exact) mass is 358 g/mol.